The SMILES string of the molecule is N#CC1C(=O)NC(=O)C(C#N)C12CCOCC2. The lowest BCUT2D eigenvalue weighted by Crippen LogP contribution is -2.59. The quantitative estimate of drug-likeness (QED) is 0.579. The summed E-state index contributed by atoms with van der Waals surface area (Å²) in [5.41, 5.74) is -0.874. The Morgan fingerprint density at radius 1 is 1.12 bits per heavy atom. The first-order valence-electron chi connectivity index (χ1n) is 5.37. The van der Waals surface area contributed by atoms with Crippen LogP contribution in [0.4, 0.5) is 0 Å². The van der Waals surface area contributed by atoms with Gasteiger partial charge in [0.15, 0.2) is 0 Å². The summed E-state index contributed by atoms with van der Waals surface area (Å²) in [6.45, 7) is 0.744. The lowest BCUT2D eigenvalue weighted by atomic mass is 9.60. The number of nitrogens with zero attached hydrogens (tertiary/aromatic N) is 2. The average molecular weight is 233 g/mol. The van der Waals surface area contributed by atoms with Crippen LogP contribution < -0.4 is 5.32 Å². The Labute approximate surface area is 98.1 Å². The predicted molar refractivity (Wildman–Crippen MR) is 53.8 cm³/mol. The Kier molecular flexibility index (Phi) is 2.83. The van der Waals surface area contributed by atoms with Gasteiger partial charge in [-0.2, -0.15) is 10.5 Å². The molecule has 6 nitrogen and oxygen atoms in total. The van der Waals surface area contributed by atoms with Crippen molar-refractivity contribution in [1.29, 1.82) is 10.5 Å². The molecular formula is C11H11N3O3. The fourth-order valence-corrected chi connectivity index (χ4v) is 2.66. The van der Waals surface area contributed by atoms with Crippen LogP contribution >= 0.6 is 0 Å². The van der Waals surface area contributed by atoms with Crippen molar-refractivity contribution in [3.05, 3.63) is 0 Å². The van der Waals surface area contributed by atoms with E-state index >= 15 is 0 Å². The summed E-state index contributed by atoms with van der Waals surface area (Å²) in [5.74, 6) is -3.08. The zero-order valence-corrected chi connectivity index (χ0v) is 9.10. The number of nitriles is 2. The number of hydrogen-bond donors (Lipinski definition) is 1. The molecule has 17 heavy (non-hydrogen) atoms. The number of carbonyl (C=O) groups is 2. The number of nitrogens with one attached hydrogen (secondary N) is 1. The molecule has 6 heteroatoms. The molecule has 0 aromatic rings. The van der Waals surface area contributed by atoms with E-state index in [-0.39, 0.29) is 0 Å². The maximum absolute atomic E-state index is 11.7. The molecule has 2 saturated heterocycles. The van der Waals surface area contributed by atoms with Crippen LogP contribution in [0.25, 0.3) is 0 Å². The molecular weight excluding hydrogens is 222 g/mol. The van der Waals surface area contributed by atoms with Crippen LogP contribution in [0.5, 0.6) is 0 Å². The van der Waals surface area contributed by atoms with Crippen LogP contribution in [0.3, 0.4) is 0 Å². The highest BCUT2D eigenvalue weighted by molar-refractivity contribution is 6.03. The van der Waals surface area contributed by atoms with Gasteiger partial charge >= 0.3 is 0 Å². The third-order valence-electron chi connectivity index (χ3n) is 3.60. The summed E-state index contributed by atoms with van der Waals surface area (Å²) in [5, 5.41) is 20.3. The monoisotopic (exact) mass is 233 g/mol. The predicted octanol–water partition coefficient (Wildman–Crippen LogP) is -0.281. The van der Waals surface area contributed by atoms with Gasteiger partial charge in [-0.05, 0) is 12.8 Å². The summed E-state index contributed by atoms with van der Waals surface area (Å²) < 4.78 is 5.19. The Hall–Kier alpha value is -1.92. The fourth-order valence-electron chi connectivity index (χ4n) is 2.66. The summed E-state index contributed by atoms with van der Waals surface area (Å²) in [6.07, 6.45) is 0.783. The molecule has 1 N–H and O–H groups in total. The van der Waals surface area contributed by atoms with Crippen molar-refractivity contribution in [3.8, 4) is 12.1 Å². The summed E-state index contributed by atoms with van der Waals surface area (Å²) in [6, 6.07) is 3.86. The Morgan fingerprint density at radius 2 is 1.59 bits per heavy atom. The second-order valence-electron chi connectivity index (χ2n) is 4.32. The second-order valence-corrected chi connectivity index (χ2v) is 4.32. The van der Waals surface area contributed by atoms with Crippen LogP contribution in [0.15, 0.2) is 0 Å². The topological polar surface area (TPSA) is 103 Å². The number of imide groups is 1. The minimum Gasteiger partial charge on any atom is -0.381 e. The molecule has 2 aliphatic rings. The molecule has 2 fully saturated rings. The molecule has 0 aliphatic carbocycles. The highest BCUT2D eigenvalue weighted by atomic mass is 16.5. The first kappa shape index (κ1) is 11.6. The normalized spacial score (nSPS) is 31.4. The number of rotatable bonds is 0. The van der Waals surface area contributed by atoms with Gasteiger partial charge in [0.2, 0.25) is 11.8 Å². The van der Waals surface area contributed by atoms with Crippen LogP contribution in [-0.2, 0) is 14.3 Å². The van der Waals surface area contributed by atoms with Gasteiger partial charge < -0.3 is 4.74 Å². The molecule has 0 saturated carbocycles. The van der Waals surface area contributed by atoms with Crippen molar-refractivity contribution in [2.45, 2.75) is 12.8 Å². The van der Waals surface area contributed by atoms with E-state index in [9.17, 15) is 9.59 Å². The molecule has 88 valence electrons. The van der Waals surface area contributed by atoms with E-state index < -0.39 is 29.1 Å². The fraction of sp³-hybridized carbons (Fsp3) is 0.636. The summed E-state index contributed by atoms with van der Waals surface area (Å²) in [4.78, 5) is 23.3. The standard InChI is InChI=1S/C11H11N3O3/c12-5-7-9(15)14-10(16)8(6-13)11(7)1-3-17-4-2-11/h7-8H,1-4H2,(H,14,15,16). The van der Waals surface area contributed by atoms with Crippen LogP contribution in [0, 0.1) is 39.9 Å². The van der Waals surface area contributed by atoms with Crippen LogP contribution in [0.1, 0.15) is 12.8 Å². The molecule has 2 atom stereocenters. The lowest BCUT2D eigenvalue weighted by Gasteiger charge is -2.44. The number of hydrogen-bond acceptors (Lipinski definition) is 5. The summed E-state index contributed by atoms with van der Waals surface area (Å²) in [7, 11) is 0. The minimum atomic E-state index is -0.950. The van der Waals surface area contributed by atoms with Gasteiger partial charge in [-0.25, -0.2) is 0 Å². The molecule has 0 aromatic heterocycles. The van der Waals surface area contributed by atoms with Crippen molar-refractivity contribution in [2.24, 2.45) is 17.3 Å². The van der Waals surface area contributed by atoms with Gasteiger partial charge in [-0.1, -0.05) is 0 Å². The Balaban J connectivity index is 2.46. The molecule has 2 rings (SSSR count). The zero-order valence-electron chi connectivity index (χ0n) is 9.10. The highest BCUT2D eigenvalue weighted by Crippen LogP contribution is 2.46. The van der Waals surface area contributed by atoms with Crippen molar-refractivity contribution < 1.29 is 14.3 Å². The minimum absolute atomic E-state index is 0.372. The highest BCUT2D eigenvalue weighted by Gasteiger charge is 2.56. The van der Waals surface area contributed by atoms with E-state index in [2.05, 4.69) is 5.32 Å². The van der Waals surface area contributed by atoms with E-state index in [0.29, 0.717) is 26.1 Å². The number of carbonyl (C=O) groups excluding carboxylic acids is 2. The Morgan fingerprint density at radius 3 is 2.00 bits per heavy atom. The molecule has 0 bridgehead atoms. The molecule has 2 unspecified atom stereocenters. The maximum Gasteiger partial charge on any atom is 0.244 e. The first-order chi connectivity index (χ1) is 8.15. The second kappa shape index (κ2) is 4.15. The molecule has 2 heterocycles. The lowest BCUT2D eigenvalue weighted by molar-refractivity contribution is -0.150. The van der Waals surface area contributed by atoms with E-state index in [1.165, 1.54) is 0 Å². The van der Waals surface area contributed by atoms with Crippen molar-refractivity contribution >= 4 is 11.8 Å². The maximum atomic E-state index is 11.7. The van der Waals surface area contributed by atoms with Gasteiger partial charge in [0.25, 0.3) is 0 Å². The molecule has 2 aliphatic heterocycles. The van der Waals surface area contributed by atoms with E-state index in [1.807, 2.05) is 12.1 Å². The number of ether oxygens (including phenoxy) is 1. The van der Waals surface area contributed by atoms with Gasteiger partial charge in [-0.3, -0.25) is 14.9 Å². The van der Waals surface area contributed by atoms with E-state index in [4.69, 9.17) is 15.3 Å². The Bertz CT molecular complexity index is 406. The largest absolute Gasteiger partial charge is 0.381 e. The number of amides is 2. The van der Waals surface area contributed by atoms with Crippen molar-refractivity contribution in [2.75, 3.05) is 13.2 Å². The van der Waals surface area contributed by atoms with Gasteiger partial charge in [0.1, 0.15) is 11.8 Å². The average Bonchev–Trinajstić information content (AvgIpc) is 2.30. The van der Waals surface area contributed by atoms with Crippen LogP contribution in [0.2, 0.25) is 0 Å². The number of piperidine rings is 1. The molecule has 0 radical (unpaired) electrons. The van der Waals surface area contributed by atoms with Crippen LogP contribution in [-0.4, -0.2) is 25.0 Å². The van der Waals surface area contributed by atoms with Gasteiger partial charge in [0.05, 0.1) is 12.1 Å². The third-order valence-corrected chi connectivity index (χ3v) is 3.60. The zero-order chi connectivity index (χ0) is 12.5. The van der Waals surface area contributed by atoms with E-state index in [0.717, 1.165) is 0 Å². The smallest absolute Gasteiger partial charge is 0.244 e. The van der Waals surface area contributed by atoms with Gasteiger partial charge in [-0.15, -0.1) is 0 Å². The molecule has 2 amide bonds. The first-order valence-corrected chi connectivity index (χ1v) is 5.37. The molecule has 0 aromatic carbocycles. The van der Waals surface area contributed by atoms with Crippen molar-refractivity contribution in [1.82, 2.24) is 5.32 Å². The van der Waals surface area contributed by atoms with Crippen molar-refractivity contribution in [3.63, 3.8) is 0 Å². The summed E-state index contributed by atoms with van der Waals surface area (Å²) >= 11 is 0. The van der Waals surface area contributed by atoms with E-state index in [1.54, 1.807) is 0 Å². The van der Waals surface area contributed by atoms with Gasteiger partial charge in [0, 0.05) is 18.6 Å². The third kappa shape index (κ3) is 1.58. The molecule has 1 spiro atoms.